The topological polar surface area (TPSA) is 120 Å². The van der Waals surface area contributed by atoms with E-state index in [2.05, 4.69) is 25.8 Å². The van der Waals surface area contributed by atoms with Crippen molar-refractivity contribution in [1.82, 2.24) is 25.8 Å². The zero-order valence-electron chi connectivity index (χ0n) is 11.8. The summed E-state index contributed by atoms with van der Waals surface area (Å²) >= 11 is 0. The molecule has 1 saturated carbocycles. The number of amides is 2. The molecule has 2 amide bonds. The Labute approximate surface area is 122 Å². The Hall–Kier alpha value is -2.12. The van der Waals surface area contributed by atoms with Gasteiger partial charge < -0.3 is 15.7 Å². The van der Waals surface area contributed by atoms with Crippen molar-refractivity contribution in [2.24, 2.45) is 5.92 Å². The van der Waals surface area contributed by atoms with E-state index in [4.69, 9.17) is 0 Å². The Morgan fingerprint density at radius 3 is 2.76 bits per heavy atom. The minimum Gasteiger partial charge on any atom is -0.480 e. The predicted octanol–water partition coefficient (Wildman–Crippen LogP) is 0.680. The minimum atomic E-state index is -0.965. The van der Waals surface area contributed by atoms with E-state index in [0.29, 0.717) is 18.8 Å². The van der Waals surface area contributed by atoms with E-state index in [1.165, 1.54) is 6.33 Å². The summed E-state index contributed by atoms with van der Waals surface area (Å²) in [5, 5.41) is 20.9. The van der Waals surface area contributed by atoms with Crippen LogP contribution in [0.2, 0.25) is 0 Å². The largest absolute Gasteiger partial charge is 0.480 e. The number of aliphatic carboxylic acids is 1. The number of carbonyl (C=O) groups excluding carboxylic acids is 1. The number of aromatic nitrogens is 3. The highest BCUT2D eigenvalue weighted by atomic mass is 16.4. The second-order valence-corrected chi connectivity index (χ2v) is 5.30. The van der Waals surface area contributed by atoms with Crippen molar-refractivity contribution in [3.8, 4) is 0 Å². The Morgan fingerprint density at radius 1 is 1.38 bits per heavy atom. The van der Waals surface area contributed by atoms with Crippen molar-refractivity contribution in [3.63, 3.8) is 0 Å². The molecule has 116 valence electrons. The molecule has 1 atom stereocenters. The van der Waals surface area contributed by atoms with Crippen LogP contribution in [0.3, 0.4) is 0 Å². The monoisotopic (exact) mass is 295 g/mol. The number of nitrogens with one attached hydrogen (secondary N) is 3. The number of hydrogen-bond donors (Lipinski definition) is 4. The number of aromatic amines is 1. The van der Waals surface area contributed by atoms with Gasteiger partial charge in [0.05, 0.1) is 0 Å². The molecule has 1 aromatic heterocycles. The van der Waals surface area contributed by atoms with Crippen molar-refractivity contribution in [2.45, 2.75) is 44.6 Å². The molecule has 1 aliphatic carbocycles. The van der Waals surface area contributed by atoms with Crippen LogP contribution in [0, 0.1) is 5.92 Å². The quantitative estimate of drug-likeness (QED) is 0.615. The standard InChI is InChI=1S/C13H21N5O3/c19-12(20)11(9-4-2-1-3-5-9)17-13(21)14-7-6-10-15-8-16-18-10/h8-9,11H,1-7H2,(H,19,20)(H2,14,17,21)(H,15,16,18). The number of carboxylic acids is 1. The van der Waals surface area contributed by atoms with Gasteiger partial charge in [-0.15, -0.1) is 0 Å². The van der Waals surface area contributed by atoms with Crippen LogP contribution in [0.4, 0.5) is 4.79 Å². The fourth-order valence-electron chi connectivity index (χ4n) is 2.69. The fourth-order valence-corrected chi connectivity index (χ4v) is 2.69. The van der Waals surface area contributed by atoms with Gasteiger partial charge in [-0.2, -0.15) is 5.10 Å². The Balaban J connectivity index is 1.76. The highest BCUT2D eigenvalue weighted by molar-refractivity contribution is 5.82. The smallest absolute Gasteiger partial charge is 0.326 e. The van der Waals surface area contributed by atoms with Crippen LogP contribution in [0.15, 0.2) is 6.33 Å². The molecule has 2 rings (SSSR count). The lowest BCUT2D eigenvalue weighted by atomic mass is 9.84. The molecule has 0 spiro atoms. The number of hydrogen-bond acceptors (Lipinski definition) is 4. The summed E-state index contributed by atoms with van der Waals surface area (Å²) in [7, 11) is 0. The maximum Gasteiger partial charge on any atom is 0.326 e. The Kier molecular flexibility index (Phi) is 5.53. The first-order chi connectivity index (χ1) is 10.2. The van der Waals surface area contributed by atoms with Crippen molar-refractivity contribution in [3.05, 3.63) is 12.2 Å². The van der Waals surface area contributed by atoms with Gasteiger partial charge in [-0.3, -0.25) is 5.10 Å². The lowest BCUT2D eigenvalue weighted by molar-refractivity contribution is -0.141. The molecular weight excluding hydrogens is 274 g/mol. The molecule has 0 radical (unpaired) electrons. The molecule has 8 heteroatoms. The molecule has 0 bridgehead atoms. The number of urea groups is 1. The SMILES string of the molecule is O=C(NCCc1ncn[nH]1)NC(C(=O)O)C1CCCCC1. The van der Waals surface area contributed by atoms with Crippen LogP contribution < -0.4 is 10.6 Å². The first-order valence-corrected chi connectivity index (χ1v) is 7.28. The summed E-state index contributed by atoms with van der Waals surface area (Å²) in [6.45, 7) is 0.373. The number of rotatable bonds is 6. The molecule has 1 fully saturated rings. The summed E-state index contributed by atoms with van der Waals surface area (Å²) in [4.78, 5) is 27.1. The van der Waals surface area contributed by atoms with Gasteiger partial charge in [0.2, 0.25) is 0 Å². The number of nitrogens with zero attached hydrogens (tertiary/aromatic N) is 2. The summed E-state index contributed by atoms with van der Waals surface area (Å²) in [5.74, 6) is -0.263. The van der Waals surface area contributed by atoms with Crippen molar-refractivity contribution >= 4 is 12.0 Å². The maximum atomic E-state index is 11.8. The molecule has 1 aliphatic rings. The van der Waals surface area contributed by atoms with E-state index in [-0.39, 0.29) is 5.92 Å². The first kappa shape index (κ1) is 15.3. The molecule has 0 aromatic carbocycles. The highest BCUT2D eigenvalue weighted by Gasteiger charge is 2.30. The van der Waals surface area contributed by atoms with Crippen molar-refractivity contribution in [2.75, 3.05) is 6.54 Å². The van der Waals surface area contributed by atoms with Gasteiger partial charge in [-0.25, -0.2) is 14.6 Å². The molecule has 0 saturated heterocycles. The van der Waals surface area contributed by atoms with Crippen LogP contribution >= 0.6 is 0 Å². The average molecular weight is 295 g/mol. The van der Waals surface area contributed by atoms with Crippen molar-refractivity contribution in [1.29, 1.82) is 0 Å². The third-order valence-corrected chi connectivity index (χ3v) is 3.79. The minimum absolute atomic E-state index is 0.0243. The molecule has 1 heterocycles. The van der Waals surface area contributed by atoms with E-state index in [0.717, 1.165) is 32.1 Å². The lowest BCUT2D eigenvalue weighted by Gasteiger charge is -2.28. The van der Waals surface area contributed by atoms with Gasteiger partial charge >= 0.3 is 12.0 Å². The highest BCUT2D eigenvalue weighted by Crippen LogP contribution is 2.26. The second kappa shape index (κ2) is 7.61. The van der Waals surface area contributed by atoms with E-state index in [1.54, 1.807) is 0 Å². The second-order valence-electron chi connectivity index (χ2n) is 5.30. The molecule has 8 nitrogen and oxygen atoms in total. The predicted molar refractivity (Wildman–Crippen MR) is 74.6 cm³/mol. The zero-order chi connectivity index (χ0) is 15.1. The van der Waals surface area contributed by atoms with Gasteiger partial charge in [0.25, 0.3) is 0 Å². The van der Waals surface area contributed by atoms with Crippen molar-refractivity contribution < 1.29 is 14.7 Å². The van der Waals surface area contributed by atoms with E-state index >= 15 is 0 Å². The molecular formula is C13H21N5O3. The fraction of sp³-hybridized carbons (Fsp3) is 0.692. The normalized spacial score (nSPS) is 17.1. The first-order valence-electron chi connectivity index (χ1n) is 7.28. The molecule has 1 unspecified atom stereocenters. The maximum absolute atomic E-state index is 11.8. The summed E-state index contributed by atoms with van der Waals surface area (Å²) in [6, 6.07) is -1.26. The van der Waals surface area contributed by atoms with Crippen LogP contribution in [0.1, 0.15) is 37.9 Å². The summed E-state index contributed by atoms with van der Waals surface area (Å²) in [5.41, 5.74) is 0. The van der Waals surface area contributed by atoms with Crippen LogP contribution in [0.5, 0.6) is 0 Å². The molecule has 4 N–H and O–H groups in total. The van der Waals surface area contributed by atoms with Gasteiger partial charge in [0, 0.05) is 13.0 Å². The molecule has 1 aromatic rings. The molecule has 0 aliphatic heterocycles. The average Bonchev–Trinajstić information content (AvgIpc) is 2.98. The summed E-state index contributed by atoms with van der Waals surface area (Å²) in [6.07, 6.45) is 6.84. The van der Waals surface area contributed by atoms with Crippen LogP contribution in [0.25, 0.3) is 0 Å². The number of H-pyrrole nitrogens is 1. The van der Waals surface area contributed by atoms with Gasteiger partial charge in [-0.1, -0.05) is 19.3 Å². The Morgan fingerprint density at radius 2 is 2.14 bits per heavy atom. The van der Waals surface area contributed by atoms with Crippen LogP contribution in [-0.4, -0.2) is 44.9 Å². The number of carboxylic acid groups (broad SMARTS) is 1. The lowest BCUT2D eigenvalue weighted by Crippen LogP contribution is -2.50. The van der Waals surface area contributed by atoms with E-state index < -0.39 is 18.0 Å². The zero-order valence-corrected chi connectivity index (χ0v) is 11.8. The van der Waals surface area contributed by atoms with E-state index in [9.17, 15) is 14.7 Å². The van der Waals surface area contributed by atoms with Gasteiger partial charge in [0.1, 0.15) is 18.2 Å². The van der Waals surface area contributed by atoms with Crippen LogP contribution in [-0.2, 0) is 11.2 Å². The third-order valence-electron chi connectivity index (χ3n) is 3.79. The molecule has 21 heavy (non-hydrogen) atoms. The third kappa shape index (κ3) is 4.73. The summed E-state index contributed by atoms with van der Waals surface area (Å²) < 4.78 is 0. The van der Waals surface area contributed by atoms with E-state index in [1.807, 2.05) is 0 Å². The van der Waals surface area contributed by atoms with Gasteiger partial charge in [-0.05, 0) is 18.8 Å². The number of carbonyl (C=O) groups is 2. The van der Waals surface area contributed by atoms with Gasteiger partial charge in [0.15, 0.2) is 0 Å². The Bertz CT molecular complexity index is 456.